The van der Waals surface area contributed by atoms with Gasteiger partial charge < -0.3 is 15.5 Å². The third-order valence-corrected chi connectivity index (χ3v) is 5.66. The number of carbonyl (C=O) groups is 2. The molecule has 0 bridgehead atoms. The van der Waals surface area contributed by atoms with E-state index in [1.54, 1.807) is 0 Å². The summed E-state index contributed by atoms with van der Waals surface area (Å²) in [6.07, 6.45) is 5.04. The molecule has 2 amide bonds. The molecule has 1 heterocycles. The van der Waals surface area contributed by atoms with Crippen LogP contribution in [0.15, 0.2) is 30.3 Å². The Morgan fingerprint density at radius 1 is 1.07 bits per heavy atom. The number of amides is 2. The molecule has 1 aromatic carbocycles. The fraction of sp³-hybridized carbons (Fsp3) is 0.636. The third-order valence-electron chi connectivity index (χ3n) is 5.66. The van der Waals surface area contributed by atoms with E-state index in [1.165, 1.54) is 12.8 Å². The smallest absolute Gasteiger partial charge is 0.245 e. The maximum absolute atomic E-state index is 13.0. The number of piperidine rings is 1. The van der Waals surface area contributed by atoms with E-state index in [0.29, 0.717) is 12.5 Å². The highest BCUT2D eigenvalue weighted by Gasteiger charge is 2.31. The van der Waals surface area contributed by atoms with Crippen molar-refractivity contribution in [3.63, 3.8) is 0 Å². The Bertz CT molecular complexity index is 620. The van der Waals surface area contributed by atoms with Crippen molar-refractivity contribution in [2.24, 2.45) is 11.8 Å². The van der Waals surface area contributed by atoms with Crippen molar-refractivity contribution in [1.82, 2.24) is 15.5 Å². The van der Waals surface area contributed by atoms with Crippen LogP contribution in [0.1, 0.15) is 45.1 Å². The van der Waals surface area contributed by atoms with Gasteiger partial charge in [-0.2, -0.15) is 0 Å². The minimum absolute atomic E-state index is 0.0621. The zero-order valence-electron chi connectivity index (χ0n) is 16.6. The molecular weight excluding hydrogens is 338 g/mol. The lowest BCUT2D eigenvalue weighted by Gasteiger charge is -2.35. The van der Waals surface area contributed by atoms with Gasteiger partial charge in [-0.15, -0.1) is 0 Å². The molecule has 2 N–H and O–H groups in total. The second-order valence-electron chi connectivity index (χ2n) is 8.40. The number of benzene rings is 1. The van der Waals surface area contributed by atoms with E-state index in [0.717, 1.165) is 44.0 Å². The number of carbonyl (C=O) groups excluding carboxylic acids is 2. The molecule has 148 valence electrons. The first-order valence-electron chi connectivity index (χ1n) is 10.4. The first kappa shape index (κ1) is 19.9. The lowest BCUT2D eigenvalue weighted by Crippen LogP contribution is -2.54. The summed E-state index contributed by atoms with van der Waals surface area (Å²) < 4.78 is 0. The van der Waals surface area contributed by atoms with E-state index >= 15 is 0 Å². The van der Waals surface area contributed by atoms with Crippen LogP contribution in [0, 0.1) is 11.8 Å². The predicted molar refractivity (Wildman–Crippen MR) is 107 cm³/mol. The number of likely N-dealkylation sites (tertiary alicyclic amines) is 1. The second-order valence-corrected chi connectivity index (χ2v) is 8.40. The lowest BCUT2D eigenvalue weighted by molar-refractivity contribution is -0.138. The van der Waals surface area contributed by atoms with E-state index in [1.807, 2.05) is 49.1 Å². The fourth-order valence-corrected chi connectivity index (χ4v) is 3.68. The summed E-state index contributed by atoms with van der Waals surface area (Å²) in [6.45, 7) is 6.67. The minimum atomic E-state index is -0.447. The minimum Gasteiger partial charge on any atom is -0.344 e. The molecule has 1 saturated carbocycles. The van der Waals surface area contributed by atoms with Gasteiger partial charge in [-0.05, 0) is 49.6 Å². The van der Waals surface area contributed by atoms with Crippen LogP contribution >= 0.6 is 0 Å². The van der Waals surface area contributed by atoms with Gasteiger partial charge in [-0.1, -0.05) is 44.2 Å². The topological polar surface area (TPSA) is 61.4 Å². The van der Waals surface area contributed by atoms with Gasteiger partial charge in [0.1, 0.15) is 6.04 Å². The largest absolute Gasteiger partial charge is 0.344 e. The van der Waals surface area contributed by atoms with Crippen LogP contribution in [-0.2, 0) is 16.0 Å². The van der Waals surface area contributed by atoms with Crippen LogP contribution in [0.5, 0.6) is 0 Å². The van der Waals surface area contributed by atoms with Crippen molar-refractivity contribution in [1.29, 1.82) is 0 Å². The molecule has 3 rings (SSSR count). The molecule has 1 aliphatic carbocycles. The van der Waals surface area contributed by atoms with Crippen molar-refractivity contribution in [3.05, 3.63) is 35.9 Å². The van der Waals surface area contributed by atoms with Gasteiger partial charge in [0.2, 0.25) is 11.8 Å². The number of hydrogen-bond donors (Lipinski definition) is 2. The zero-order chi connectivity index (χ0) is 19.2. The molecule has 1 aliphatic heterocycles. The number of hydrogen-bond acceptors (Lipinski definition) is 3. The van der Waals surface area contributed by atoms with Crippen LogP contribution in [0.3, 0.4) is 0 Å². The van der Waals surface area contributed by atoms with Crippen LogP contribution < -0.4 is 10.6 Å². The van der Waals surface area contributed by atoms with Gasteiger partial charge in [-0.3, -0.25) is 9.59 Å². The second kappa shape index (κ2) is 9.36. The fourth-order valence-electron chi connectivity index (χ4n) is 3.68. The molecule has 1 atom stereocenters. The van der Waals surface area contributed by atoms with Crippen molar-refractivity contribution >= 4 is 11.8 Å². The van der Waals surface area contributed by atoms with E-state index in [4.69, 9.17) is 0 Å². The summed E-state index contributed by atoms with van der Waals surface area (Å²) in [5, 5.41) is 6.62. The molecule has 0 radical (unpaired) electrons. The maximum Gasteiger partial charge on any atom is 0.245 e. The Hall–Kier alpha value is -1.88. The summed E-state index contributed by atoms with van der Waals surface area (Å²) in [4.78, 5) is 27.4. The van der Waals surface area contributed by atoms with Crippen LogP contribution in [0.25, 0.3) is 0 Å². The Labute approximate surface area is 162 Å². The Morgan fingerprint density at radius 2 is 1.74 bits per heavy atom. The Balaban J connectivity index is 1.48. The highest BCUT2D eigenvalue weighted by molar-refractivity contribution is 5.88. The van der Waals surface area contributed by atoms with Crippen molar-refractivity contribution < 1.29 is 9.59 Å². The summed E-state index contributed by atoms with van der Waals surface area (Å²) in [5.74, 6) is 0.930. The number of rotatable bonds is 8. The molecule has 1 aromatic rings. The van der Waals surface area contributed by atoms with Gasteiger partial charge in [0.05, 0.1) is 6.42 Å². The molecule has 0 spiro atoms. The molecule has 1 unspecified atom stereocenters. The van der Waals surface area contributed by atoms with Gasteiger partial charge in [-0.25, -0.2) is 0 Å². The summed E-state index contributed by atoms with van der Waals surface area (Å²) >= 11 is 0. The highest BCUT2D eigenvalue weighted by Crippen LogP contribution is 2.28. The predicted octanol–water partition coefficient (Wildman–Crippen LogP) is 2.36. The quantitative estimate of drug-likeness (QED) is 0.737. The summed E-state index contributed by atoms with van der Waals surface area (Å²) in [7, 11) is 0. The van der Waals surface area contributed by atoms with E-state index < -0.39 is 6.04 Å². The Morgan fingerprint density at radius 3 is 2.33 bits per heavy atom. The molecule has 5 nitrogen and oxygen atoms in total. The standard InChI is InChI=1S/C22H33N3O2/c1-16(2)21(24-20(26)14-17-6-4-3-5-7-17)22(27)25-12-10-19(11-13-25)23-15-18-8-9-18/h3-7,16,18-19,21,23H,8-15H2,1-2H3,(H,24,26). The molecular formula is C22H33N3O2. The number of nitrogens with zero attached hydrogens (tertiary/aromatic N) is 1. The average Bonchev–Trinajstić information content (AvgIpc) is 3.49. The number of nitrogens with one attached hydrogen (secondary N) is 2. The maximum atomic E-state index is 13.0. The van der Waals surface area contributed by atoms with Crippen molar-refractivity contribution in [2.45, 2.75) is 58.0 Å². The van der Waals surface area contributed by atoms with E-state index in [-0.39, 0.29) is 17.7 Å². The first-order valence-corrected chi connectivity index (χ1v) is 10.4. The third kappa shape index (κ3) is 6.06. The van der Waals surface area contributed by atoms with Gasteiger partial charge in [0, 0.05) is 19.1 Å². The molecule has 1 saturated heterocycles. The highest BCUT2D eigenvalue weighted by atomic mass is 16.2. The van der Waals surface area contributed by atoms with Gasteiger partial charge >= 0.3 is 0 Å². The lowest BCUT2D eigenvalue weighted by atomic mass is 9.99. The van der Waals surface area contributed by atoms with Crippen molar-refractivity contribution in [2.75, 3.05) is 19.6 Å². The monoisotopic (exact) mass is 371 g/mol. The van der Waals surface area contributed by atoms with E-state index in [2.05, 4.69) is 10.6 Å². The molecule has 27 heavy (non-hydrogen) atoms. The molecule has 0 aromatic heterocycles. The average molecular weight is 372 g/mol. The molecule has 2 fully saturated rings. The van der Waals surface area contributed by atoms with Crippen LogP contribution in [0.2, 0.25) is 0 Å². The van der Waals surface area contributed by atoms with Gasteiger partial charge in [0.15, 0.2) is 0 Å². The van der Waals surface area contributed by atoms with E-state index in [9.17, 15) is 9.59 Å². The zero-order valence-corrected chi connectivity index (χ0v) is 16.6. The summed E-state index contributed by atoms with van der Waals surface area (Å²) in [5.41, 5.74) is 0.965. The molecule has 2 aliphatic rings. The van der Waals surface area contributed by atoms with Crippen LogP contribution in [-0.4, -0.2) is 48.4 Å². The first-order chi connectivity index (χ1) is 13.0. The normalized spacial score (nSPS) is 19.1. The Kier molecular flexibility index (Phi) is 6.89. The molecule has 5 heteroatoms. The SMILES string of the molecule is CC(C)C(NC(=O)Cc1ccccc1)C(=O)N1CCC(NCC2CC2)CC1. The summed E-state index contributed by atoms with van der Waals surface area (Å²) in [6, 6.07) is 9.74. The van der Waals surface area contributed by atoms with Crippen LogP contribution in [0.4, 0.5) is 0 Å². The van der Waals surface area contributed by atoms with Crippen molar-refractivity contribution in [3.8, 4) is 0 Å². The van der Waals surface area contributed by atoms with Gasteiger partial charge in [0.25, 0.3) is 0 Å².